The molecule has 0 unspecified atom stereocenters. The van der Waals surface area contributed by atoms with Gasteiger partial charge in [0.05, 0.1) is 17.7 Å². The number of fused-ring (bicyclic) bond motifs is 1. The van der Waals surface area contributed by atoms with Gasteiger partial charge in [-0.05, 0) is 60.8 Å². The fraction of sp³-hybridized carbons (Fsp3) is 0.444. The summed E-state index contributed by atoms with van der Waals surface area (Å²) in [6, 6.07) is 5.30. The lowest BCUT2D eigenvalue weighted by molar-refractivity contribution is -0.169. The second-order valence-corrected chi connectivity index (χ2v) is 9.99. The molecule has 8 nitrogen and oxygen atoms in total. The number of ether oxygens (including phenoxy) is 1. The summed E-state index contributed by atoms with van der Waals surface area (Å²) in [6.45, 7) is -0.964. The van der Waals surface area contributed by atoms with E-state index in [4.69, 9.17) is 10.5 Å². The third-order valence-electron chi connectivity index (χ3n) is 7.06. The zero-order valence-electron chi connectivity index (χ0n) is 22.1. The maximum Gasteiger partial charge on any atom is 0.416 e. The van der Waals surface area contributed by atoms with Gasteiger partial charge in [0.25, 0.3) is 0 Å². The van der Waals surface area contributed by atoms with E-state index in [-0.39, 0.29) is 45.1 Å². The number of benzene rings is 2. The van der Waals surface area contributed by atoms with Crippen LogP contribution in [0.15, 0.2) is 42.5 Å². The largest absolute Gasteiger partial charge is 0.444 e. The zero-order chi connectivity index (χ0) is 30.8. The molecule has 2 saturated heterocycles. The number of alkyl halides is 6. The van der Waals surface area contributed by atoms with Crippen LogP contribution in [-0.4, -0.2) is 64.4 Å². The molecule has 0 bridgehead atoms. The first-order chi connectivity index (χ1) is 19.7. The number of nitrogens with zero attached hydrogens (tertiary/aromatic N) is 3. The van der Waals surface area contributed by atoms with Crippen LogP contribution in [0.4, 0.5) is 35.5 Å². The molecule has 3 amide bonds. The molecule has 0 aliphatic carbocycles. The predicted molar refractivity (Wildman–Crippen MR) is 132 cm³/mol. The molecule has 2 N–H and O–H groups in total. The third-order valence-corrected chi connectivity index (χ3v) is 7.06. The maximum absolute atomic E-state index is 13.4. The van der Waals surface area contributed by atoms with Gasteiger partial charge in [0.1, 0.15) is 24.6 Å². The minimum atomic E-state index is -5.07. The lowest BCUT2D eigenvalue weighted by atomic mass is 9.99. The highest BCUT2D eigenvalue weighted by atomic mass is 19.4. The summed E-state index contributed by atoms with van der Waals surface area (Å²) in [5.74, 6) is -1.30. The van der Waals surface area contributed by atoms with Crippen LogP contribution in [0.25, 0.3) is 0 Å². The van der Waals surface area contributed by atoms with Gasteiger partial charge in [-0.15, -0.1) is 0 Å². The molecular weight excluding hydrogens is 577 g/mol. The number of carbonyl (C=O) groups excluding carboxylic acids is 3. The minimum absolute atomic E-state index is 0.0319. The van der Waals surface area contributed by atoms with Crippen molar-refractivity contribution in [2.45, 2.75) is 57.0 Å². The molecule has 2 fully saturated rings. The van der Waals surface area contributed by atoms with Gasteiger partial charge in [0.15, 0.2) is 0 Å². The fourth-order valence-electron chi connectivity index (χ4n) is 5.07. The Bertz CT molecular complexity index is 1280. The molecule has 0 spiro atoms. The van der Waals surface area contributed by atoms with E-state index in [1.807, 2.05) is 0 Å². The van der Waals surface area contributed by atoms with Crippen molar-refractivity contribution in [3.05, 3.63) is 70.5 Å². The summed E-state index contributed by atoms with van der Waals surface area (Å²) in [7, 11) is 0. The van der Waals surface area contributed by atoms with Crippen LogP contribution >= 0.6 is 0 Å². The van der Waals surface area contributed by atoms with Crippen molar-refractivity contribution in [3.63, 3.8) is 0 Å². The topological polar surface area (TPSA) is 96.2 Å². The predicted octanol–water partition coefficient (Wildman–Crippen LogP) is 4.51. The van der Waals surface area contributed by atoms with E-state index < -0.39 is 71.6 Å². The van der Waals surface area contributed by atoms with Gasteiger partial charge in [0, 0.05) is 19.5 Å². The van der Waals surface area contributed by atoms with Crippen LogP contribution in [0, 0.1) is 5.82 Å². The van der Waals surface area contributed by atoms with E-state index in [1.54, 1.807) is 0 Å². The molecule has 15 heteroatoms. The number of nitrogens with two attached hydrogens (primary N) is 1. The molecule has 228 valence electrons. The Morgan fingerprint density at radius 2 is 1.57 bits per heavy atom. The summed E-state index contributed by atoms with van der Waals surface area (Å²) in [4.78, 5) is 43.3. The summed E-state index contributed by atoms with van der Waals surface area (Å²) >= 11 is 0. The molecule has 42 heavy (non-hydrogen) atoms. The Kier molecular flexibility index (Phi) is 8.99. The molecule has 0 saturated carbocycles. The van der Waals surface area contributed by atoms with Crippen molar-refractivity contribution in [1.82, 2.24) is 14.7 Å². The van der Waals surface area contributed by atoms with Gasteiger partial charge in [-0.25, -0.2) is 9.18 Å². The first-order valence-electron chi connectivity index (χ1n) is 12.9. The van der Waals surface area contributed by atoms with Gasteiger partial charge in [-0.3, -0.25) is 14.5 Å². The third kappa shape index (κ3) is 6.94. The van der Waals surface area contributed by atoms with E-state index >= 15 is 0 Å². The molecule has 2 atom stereocenters. The van der Waals surface area contributed by atoms with Gasteiger partial charge >= 0.3 is 18.4 Å². The number of piperazine rings is 1. The highest BCUT2D eigenvalue weighted by Gasteiger charge is 2.49. The molecule has 4 rings (SSSR count). The van der Waals surface area contributed by atoms with Gasteiger partial charge in [-0.2, -0.15) is 26.3 Å². The molecule has 2 heterocycles. The summed E-state index contributed by atoms with van der Waals surface area (Å²) in [5, 5.41) is 0. The molecule has 2 aromatic carbocycles. The number of carbonyl (C=O) groups is 3. The average Bonchev–Trinajstić information content (AvgIpc) is 2.92. The monoisotopic (exact) mass is 604 g/mol. The Labute approximate surface area is 235 Å². The second kappa shape index (κ2) is 12.2. The summed E-state index contributed by atoms with van der Waals surface area (Å²) in [5.41, 5.74) is 2.56. The van der Waals surface area contributed by atoms with Crippen LogP contribution in [0.3, 0.4) is 0 Å². The Balaban J connectivity index is 1.58. The molecule has 2 aromatic rings. The molecule has 0 radical (unpaired) electrons. The number of hydrogen-bond donors (Lipinski definition) is 1. The smallest absolute Gasteiger partial charge is 0.416 e. The Hall–Kier alpha value is -3.88. The number of halogens is 7. The van der Waals surface area contributed by atoms with Crippen LogP contribution in [0.1, 0.15) is 41.5 Å². The fourth-order valence-corrected chi connectivity index (χ4v) is 5.07. The SMILES string of the molecule is NCCC[C@H]1C(=O)N(Cc2ccc(F)cc2)C[C@@H]2N(C(=O)OCc3cc(C(F)(F)F)cc(C(F)(F)F)c3)CCC(=O)N21. The first kappa shape index (κ1) is 31.1. The molecule has 2 aliphatic rings. The normalized spacial score (nSPS) is 19.7. The maximum atomic E-state index is 13.4. The summed E-state index contributed by atoms with van der Waals surface area (Å²) < 4.78 is 98.0. The molecular formula is C27H27F7N4O4. The zero-order valence-corrected chi connectivity index (χ0v) is 22.1. The first-order valence-corrected chi connectivity index (χ1v) is 12.9. The highest BCUT2D eigenvalue weighted by Crippen LogP contribution is 2.37. The standard InChI is InChI=1S/C27H27F7N4O4/c28-20-5-3-16(4-6-20)13-36-14-22-37(9-7-23(39)38(22)21(24(36)40)2-1-8-35)25(41)42-15-17-10-18(26(29,30)31)12-19(11-17)27(32,33)34/h3-6,10-12,21-22H,1-2,7-9,13-15,35H2/t21-,22+/m0/s1. The van der Waals surface area contributed by atoms with E-state index in [0.717, 1.165) is 4.90 Å². The van der Waals surface area contributed by atoms with E-state index in [1.165, 1.54) is 34.1 Å². The lowest BCUT2D eigenvalue weighted by Gasteiger charge is -2.51. The molecule has 2 aliphatic heterocycles. The Morgan fingerprint density at radius 3 is 2.14 bits per heavy atom. The quantitative estimate of drug-likeness (QED) is 0.470. The number of rotatable bonds is 7. The second-order valence-electron chi connectivity index (χ2n) is 9.99. The van der Waals surface area contributed by atoms with E-state index in [0.29, 0.717) is 24.1 Å². The Morgan fingerprint density at radius 1 is 0.952 bits per heavy atom. The van der Waals surface area contributed by atoms with Crippen molar-refractivity contribution in [2.75, 3.05) is 19.6 Å². The lowest BCUT2D eigenvalue weighted by Crippen LogP contribution is -2.71. The van der Waals surface area contributed by atoms with Crippen molar-refractivity contribution in [1.29, 1.82) is 0 Å². The van der Waals surface area contributed by atoms with Gasteiger partial charge in [0.2, 0.25) is 11.8 Å². The van der Waals surface area contributed by atoms with Crippen LogP contribution in [-0.2, 0) is 39.8 Å². The van der Waals surface area contributed by atoms with E-state index in [9.17, 15) is 45.1 Å². The van der Waals surface area contributed by atoms with Crippen LogP contribution < -0.4 is 5.73 Å². The average molecular weight is 605 g/mol. The van der Waals surface area contributed by atoms with Crippen molar-refractivity contribution in [3.8, 4) is 0 Å². The van der Waals surface area contributed by atoms with Crippen molar-refractivity contribution >= 4 is 17.9 Å². The van der Waals surface area contributed by atoms with Gasteiger partial charge < -0.3 is 20.3 Å². The van der Waals surface area contributed by atoms with E-state index in [2.05, 4.69) is 0 Å². The summed E-state index contributed by atoms with van der Waals surface area (Å²) in [6.07, 6.45) is -11.9. The number of amides is 3. The number of hydrogen-bond acceptors (Lipinski definition) is 5. The van der Waals surface area contributed by atoms with Crippen LogP contribution in [0.2, 0.25) is 0 Å². The molecule has 0 aromatic heterocycles. The highest BCUT2D eigenvalue weighted by molar-refractivity contribution is 5.90. The van der Waals surface area contributed by atoms with Crippen molar-refractivity contribution in [2.24, 2.45) is 5.73 Å². The van der Waals surface area contributed by atoms with Crippen molar-refractivity contribution < 1.29 is 49.9 Å². The van der Waals surface area contributed by atoms with Crippen LogP contribution in [0.5, 0.6) is 0 Å². The van der Waals surface area contributed by atoms with Gasteiger partial charge in [-0.1, -0.05) is 12.1 Å². The minimum Gasteiger partial charge on any atom is -0.444 e.